The van der Waals surface area contributed by atoms with E-state index in [0.717, 1.165) is 64.2 Å². The Hall–Kier alpha value is -4.81. The molecule has 8 bridgehead atoms. The van der Waals surface area contributed by atoms with Gasteiger partial charge in [0.25, 0.3) is 0 Å². The Kier molecular flexibility index (Phi) is 18.2. The zero-order valence-electron chi connectivity index (χ0n) is 54.3. The largest absolute Gasteiger partial charge is 0.465 e. The molecule has 12 rings (SSSR count). The van der Waals surface area contributed by atoms with Crippen molar-refractivity contribution in [2.45, 2.75) is 248 Å². The Bertz CT molecular complexity index is 2650. The molecule has 0 aromatic heterocycles. The second-order valence-electron chi connectivity index (χ2n) is 31.2. The van der Waals surface area contributed by atoms with E-state index in [1.165, 1.54) is 13.8 Å². The van der Waals surface area contributed by atoms with Crippen LogP contribution < -0.4 is 0 Å². The molecule has 4 aliphatic heterocycles. The van der Waals surface area contributed by atoms with Crippen molar-refractivity contribution in [1.29, 1.82) is 0 Å². The number of rotatable bonds is 17. The van der Waals surface area contributed by atoms with Crippen molar-refractivity contribution >= 4 is 53.7 Å². The summed E-state index contributed by atoms with van der Waals surface area (Å²) in [4.78, 5) is 109. The second-order valence-corrected chi connectivity index (χ2v) is 31.2. The molecule has 0 amide bonds. The lowest BCUT2D eigenvalue weighted by molar-refractivity contribution is -0.192. The van der Waals surface area contributed by atoms with E-state index in [1.807, 2.05) is 76.2 Å². The molecule has 19 nitrogen and oxygen atoms in total. The van der Waals surface area contributed by atoms with Gasteiger partial charge < -0.3 is 47.4 Å². The lowest BCUT2D eigenvalue weighted by Gasteiger charge is -2.35. The summed E-state index contributed by atoms with van der Waals surface area (Å²) in [5.41, 5.74) is -3.72. The summed E-state index contributed by atoms with van der Waals surface area (Å²) in [5.74, 6) is 1.39. The van der Waals surface area contributed by atoms with E-state index in [0.29, 0.717) is 43.3 Å². The summed E-state index contributed by atoms with van der Waals surface area (Å²) < 4.78 is 55.6. The molecule has 19 heteroatoms. The van der Waals surface area contributed by atoms with Gasteiger partial charge >= 0.3 is 53.7 Å². The maximum atomic E-state index is 12.6. The first-order valence-corrected chi connectivity index (χ1v) is 32.5. The molecule has 482 valence electrons. The zero-order chi connectivity index (χ0) is 63.3. The molecular weight excluding hydrogens is 1110 g/mol. The molecule has 8 aliphatic carbocycles. The van der Waals surface area contributed by atoms with Gasteiger partial charge in [0.2, 0.25) is 5.60 Å². The molecule has 12 aliphatic rings. The van der Waals surface area contributed by atoms with Crippen LogP contribution in [0.5, 0.6) is 0 Å². The molecule has 4 saturated heterocycles. The number of hydrogen-bond acceptors (Lipinski definition) is 19. The van der Waals surface area contributed by atoms with Crippen LogP contribution in [0.15, 0.2) is 0 Å². The average Bonchev–Trinajstić information content (AvgIpc) is 1.66. The van der Waals surface area contributed by atoms with Crippen LogP contribution in [0, 0.1) is 105 Å². The zero-order valence-corrected chi connectivity index (χ0v) is 54.3. The van der Waals surface area contributed by atoms with Gasteiger partial charge in [-0.15, -0.1) is 0 Å². The summed E-state index contributed by atoms with van der Waals surface area (Å²) in [6, 6.07) is 0. The van der Waals surface area contributed by atoms with Crippen LogP contribution >= 0.6 is 0 Å². The van der Waals surface area contributed by atoms with Crippen LogP contribution in [-0.2, 0) is 90.5 Å². The molecule has 21 unspecified atom stereocenters. The van der Waals surface area contributed by atoms with E-state index >= 15 is 0 Å². The van der Waals surface area contributed by atoms with Crippen LogP contribution in [0.25, 0.3) is 0 Å². The van der Waals surface area contributed by atoms with Crippen LogP contribution in [0.2, 0.25) is 0 Å². The first-order chi connectivity index (χ1) is 40.0. The van der Waals surface area contributed by atoms with E-state index in [9.17, 15) is 43.2 Å². The molecular formula is C67H100O19. The minimum Gasteiger partial charge on any atom is -0.465 e. The minimum atomic E-state index is -1.37. The normalized spacial score (nSPS) is 37.8. The lowest BCUT2D eigenvalue weighted by atomic mass is 9.74. The predicted octanol–water partition coefficient (Wildman–Crippen LogP) is 9.66. The number of cyclic esters (lactones) is 2. The highest BCUT2D eigenvalue weighted by atomic mass is 16.6. The van der Waals surface area contributed by atoms with Crippen LogP contribution in [0.4, 0.5) is 0 Å². The standard InChI is InChI=1S/C18H26O6.C18H28O5.C16H24O4.C15H22O4/c1-6-17(2,3)15(20)24-18(4,5)16(21)23-12-9-7-10-11(8-9)14(19)22-13(10)12;1-6-17(2,3)23-18(4,5)9-13(19)21-14-10-7-11-12(8-10)16(20)22-15(11)14;1-5-16(3,4)15(18)20-13-8(2)9-6-10(13)11-7-19-14(17)12(9)11;1-4-15(2,3)14(17)19-11-6-8-5-9(11)10-7-18-13(16)12(8)10/h9-13H,6-8H2,1-5H3;10-12,14-15H,6-9H2,1-5H3;8-13H,5-7H2,1-4H3;8-12H,4-7H2,1-3H3. The third-order valence-corrected chi connectivity index (χ3v) is 23.1. The van der Waals surface area contributed by atoms with Crippen molar-refractivity contribution in [3.05, 3.63) is 0 Å². The van der Waals surface area contributed by atoms with Gasteiger partial charge in [-0.05, 0) is 171 Å². The fraction of sp³-hybridized carbons (Fsp3) is 0.866. The Morgan fingerprint density at radius 1 is 0.442 bits per heavy atom. The van der Waals surface area contributed by atoms with Crippen molar-refractivity contribution in [2.24, 2.45) is 105 Å². The van der Waals surface area contributed by atoms with Crippen molar-refractivity contribution in [3.63, 3.8) is 0 Å². The molecule has 8 saturated carbocycles. The van der Waals surface area contributed by atoms with E-state index in [1.54, 1.807) is 13.8 Å². The highest BCUT2D eigenvalue weighted by Gasteiger charge is 2.67. The number of esters is 9. The quantitative estimate of drug-likeness (QED) is 0.0971. The van der Waals surface area contributed by atoms with E-state index in [2.05, 4.69) is 13.8 Å². The maximum Gasteiger partial charge on any atom is 0.350 e. The average molecular weight is 1210 g/mol. The summed E-state index contributed by atoms with van der Waals surface area (Å²) in [6.45, 7) is 33.3. The highest BCUT2D eigenvalue weighted by molar-refractivity contribution is 5.85. The Morgan fingerprint density at radius 3 is 1.43 bits per heavy atom. The van der Waals surface area contributed by atoms with Gasteiger partial charge in [-0.2, -0.15) is 0 Å². The summed E-state index contributed by atoms with van der Waals surface area (Å²) in [5, 5.41) is 0. The molecule has 0 spiro atoms. The van der Waals surface area contributed by atoms with E-state index in [-0.39, 0.29) is 149 Å². The summed E-state index contributed by atoms with van der Waals surface area (Å²) in [6.07, 6.45) is 8.20. The third-order valence-electron chi connectivity index (χ3n) is 23.1. The molecule has 86 heavy (non-hydrogen) atoms. The van der Waals surface area contributed by atoms with Crippen LogP contribution in [0.1, 0.15) is 195 Å². The molecule has 4 heterocycles. The summed E-state index contributed by atoms with van der Waals surface area (Å²) >= 11 is 0. The van der Waals surface area contributed by atoms with Crippen LogP contribution in [-0.4, -0.2) is 120 Å². The SMILES string of the molecule is CCC(C)(C)C(=O)OC(C)(C)C(=O)OC1C2CC3C(=O)OC1C3C2.CCC(C)(C)C(=O)OC1C(C)C2CC1C1COC(=O)C21.CCC(C)(C)C(=O)OC1CC2CC1C1COC(=O)C21.CCC(C)(C)OC(C)(C)CC(=O)OC1C2CC3C(=O)OC1C3C2. The Labute approximate surface area is 508 Å². The number of carbonyl (C=O) groups excluding carboxylic acids is 9. The molecule has 21 atom stereocenters. The van der Waals surface area contributed by atoms with Crippen molar-refractivity contribution < 1.29 is 90.5 Å². The lowest BCUT2D eigenvalue weighted by Crippen LogP contribution is -2.46. The molecule has 0 aromatic rings. The number of ether oxygens (including phenoxy) is 10. The Morgan fingerprint density at radius 2 is 0.907 bits per heavy atom. The second kappa shape index (κ2) is 23.9. The predicted molar refractivity (Wildman–Crippen MR) is 308 cm³/mol. The molecule has 0 N–H and O–H groups in total. The summed E-state index contributed by atoms with van der Waals surface area (Å²) in [7, 11) is 0. The van der Waals surface area contributed by atoms with Gasteiger partial charge in [-0.3, -0.25) is 38.4 Å². The first-order valence-electron chi connectivity index (χ1n) is 32.5. The van der Waals surface area contributed by atoms with E-state index < -0.39 is 45.5 Å². The number of fused-ring (bicyclic) bond motifs is 12. The van der Waals surface area contributed by atoms with Gasteiger partial charge in [0, 0.05) is 47.3 Å². The van der Waals surface area contributed by atoms with Gasteiger partial charge in [-0.1, -0.05) is 34.6 Å². The number of carbonyl (C=O) groups is 9. The maximum absolute atomic E-state index is 12.6. The Balaban J connectivity index is 0.000000138. The smallest absolute Gasteiger partial charge is 0.350 e. The first kappa shape index (κ1) is 65.6. The molecule has 0 aromatic carbocycles. The van der Waals surface area contributed by atoms with Crippen LogP contribution in [0.3, 0.4) is 0 Å². The molecule has 0 radical (unpaired) electrons. The van der Waals surface area contributed by atoms with Crippen molar-refractivity contribution in [3.8, 4) is 0 Å². The van der Waals surface area contributed by atoms with Crippen molar-refractivity contribution in [2.75, 3.05) is 13.2 Å². The van der Waals surface area contributed by atoms with Gasteiger partial charge in [-0.25, -0.2) is 4.79 Å². The minimum absolute atomic E-state index is 0.000856. The topological polar surface area (TPSA) is 246 Å². The fourth-order valence-electron chi connectivity index (χ4n) is 16.5. The van der Waals surface area contributed by atoms with Gasteiger partial charge in [0.15, 0.2) is 0 Å². The van der Waals surface area contributed by atoms with Crippen molar-refractivity contribution in [1.82, 2.24) is 0 Å². The van der Waals surface area contributed by atoms with Gasteiger partial charge in [0.1, 0.15) is 36.6 Å². The van der Waals surface area contributed by atoms with E-state index in [4.69, 9.17) is 47.4 Å². The molecule has 12 fully saturated rings. The monoisotopic (exact) mass is 1210 g/mol. The third kappa shape index (κ3) is 12.5. The van der Waals surface area contributed by atoms with Gasteiger partial charge in [0.05, 0.1) is 70.8 Å². The highest BCUT2D eigenvalue weighted by Crippen LogP contribution is 2.60. The number of hydrogen-bond donors (Lipinski definition) is 0. The fourth-order valence-corrected chi connectivity index (χ4v) is 16.5.